The molecule has 1 aromatic carbocycles. The Morgan fingerprint density at radius 3 is 2.74 bits per heavy atom. The lowest BCUT2D eigenvalue weighted by molar-refractivity contribution is -0.137. The molecule has 0 saturated carbocycles. The van der Waals surface area contributed by atoms with Crippen molar-refractivity contribution in [3.05, 3.63) is 41.8 Å². The molecule has 0 saturated heterocycles. The molecule has 2 N–H and O–H groups in total. The molecular formula is C13H13F3N2O. The van der Waals surface area contributed by atoms with Crippen LogP contribution in [0.4, 0.5) is 13.2 Å². The standard InChI is InChI=1S/C13H13F3N2O/c1-8(17)5-11-7-18-12(19-11)9-3-2-4-10(6-9)13(14,15)16/h2-4,6-8H,5,17H2,1H3. The largest absolute Gasteiger partial charge is 0.441 e. The molecule has 0 spiro atoms. The maximum absolute atomic E-state index is 12.6. The van der Waals surface area contributed by atoms with Gasteiger partial charge in [0.15, 0.2) is 0 Å². The summed E-state index contributed by atoms with van der Waals surface area (Å²) in [4.78, 5) is 3.97. The van der Waals surface area contributed by atoms with Crippen LogP contribution in [0.25, 0.3) is 11.5 Å². The SMILES string of the molecule is CC(N)Cc1cnc(-c2cccc(C(F)(F)F)c2)o1. The number of hydrogen-bond acceptors (Lipinski definition) is 3. The van der Waals surface area contributed by atoms with Gasteiger partial charge in [0.1, 0.15) is 5.76 Å². The molecule has 1 aromatic heterocycles. The smallest absolute Gasteiger partial charge is 0.416 e. The van der Waals surface area contributed by atoms with Crippen LogP contribution in [0.2, 0.25) is 0 Å². The van der Waals surface area contributed by atoms with E-state index in [2.05, 4.69) is 4.98 Å². The Balaban J connectivity index is 2.29. The average molecular weight is 270 g/mol. The fraction of sp³-hybridized carbons (Fsp3) is 0.308. The van der Waals surface area contributed by atoms with E-state index in [1.165, 1.54) is 18.3 Å². The van der Waals surface area contributed by atoms with Crippen molar-refractivity contribution in [2.24, 2.45) is 5.73 Å². The van der Waals surface area contributed by atoms with E-state index in [-0.39, 0.29) is 11.9 Å². The predicted molar refractivity (Wildman–Crippen MR) is 64.3 cm³/mol. The molecule has 3 nitrogen and oxygen atoms in total. The highest BCUT2D eigenvalue weighted by Crippen LogP contribution is 2.32. The van der Waals surface area contributed by atoms with Crippen molar-refractivity contribution in [3.63, 3.8) is 0 Å². The van der Waals surface area contributed by atoms with Crippen LogP contribution in [-0.4, -0.2) is 11.0 Å². The summed E-state index contributed by atoms with van der Waals surface area (Å²) in [6, 6.07) is 4.78. The highest BCUT2D eigenvalue weighted by molar-refractivity contribution is 5.54. The first kappa shape index (κ1) is 13.6. The first-order chi connectivity index (χ1) is 8.86. The Kier molecular flexibility index (Phi) is 3.61. The second-order valence-electron chi connectivity index (χ2n) is 4.39. The molecule has 1 atom stereocenters. The molecular weight excluding hydrogens is 257 g/mol. The van der Waals surface area contributed by atoms with Crippen LogP contribution in [0, 0.1) is 0 Å². The molecule has 0 bridgehead atoms. The van der Waals surface area contributed by atoms with E-state index in [4.69, 9.17) is 10.2 Å². The third-order valence-electron chi connectivity index (χ3n) is 2.51. The zero-order valence-electron chi connectivity index (χ0n) is 10.2. The normalized spacial score (nSPS) is 13.5. The third-order valence-corrected chi connectivity index (χ3v) is 2.51. The van der Waals surface area contributed by atoms with Crippen LogP contribution >= 0.6 is 0 Å². The minimum Gasteiger partial charge on any atom is -0.441 e. The second kappa shape index (κ2) is 5.05. The van der Waals surface area contributed by atoms with E-state index in [9.17, 15) is 13.2 Å². The van der Waals surface area contributed by atoms with E-state index >= 15 is 0 Å². The number of alkyl halides is 3. The molecule has 0 aliphatic rings. The molecule has 102 valence electrons. The summed E-state index contributed by atoms with van der Waals surface area (Å²) in [6.07, 6.45) is -2.40. The zero-order chi connectivity index (χ0) is 14.0. The minimum absolute atomic E-state index is 0.0951. The van der Waals surface area contributed by atoms with Gasteiger partial charge in [-0.2, -0.15) is 13.2 Å². The van der Waals surface area contributed by atoms with Gasteiger partial charge in [0.05, 0.1) is 11.8 Å². The third kappa shape index (κ3) is 3.35. The zero-order valence-corrected chi connectivity index (χ0v) is 10.2. The van der Waals surface area contributed by atoms with Gasteiger partial charge in [0, 0.05) is 18.0 Å². The monoisotopic (exact) mass is 270 g/mol. The van der Waals surface area contributed by atoms with Crippen LogP contribution in [0.15, 0.2) is 34.9 Å². The quantitative estimate of drug-likeness (QED) is 0.931. The van der Waals surface area contributed by atoms with Gasteiger partial charge in [-0.3, -0.25) is 0 Å². The molecule has 6 heteroatoms. The van der Waals surface area contributed by atoms with Crippen molar-refractivity contribution < 1.29 is 17.6 Å². The van der Waals surface area contributed by atoms with Crippen LogP contribution in [-0.2, 0) is 12.6 Å². The van der Waals surface area contributed by atoms with Crippen molar-refractivity contribution in [1.29, 1.82) is 0 Å². The van der Waals surface area contributed by atoms with Gasteiger partial charge in [-0.05, 0) is 25.1 Å². The summed E-state index contributed by atoms with van der Waals surface area (Å²) in [5.41, 5.74) is 5.19. The van der Waals surface area contributed by atoms with Crippen molar-refractivity contribution in [2.45, 2.75) is 25.6 Å². The molecule has 0 aliphatic carbocycles. The molecule has 1 heterocycles. The Morgan fingerprint density at radius 1 is 1.37 bits per heavy atom. The summed E-state index contributed by atoms with van der Waals surface area (Å²) in [7, 11) is 0. The van der Waals surface area contributed by atoms with E-state index < -0.39 is 11.7 Å². The van der Waals surface area contributed by atoms with Crippen molar-refractivity contribution in [1.82, 2.24) is 4.98 Å². The number of benzene rings is 1. The summed E-state index contributed by atoms with van der Waals surface area (Å²) in [6.45, 7) is 1.81. The van der Waals surface area contributed by atoms with Crippen molar-refractivity contribution in [2.75, 3.05) is 0 Å². The first-order valence-corrected chi connectivity index (χ1v) is 5.74. The molecule has 0 aliphatic heterocycles. The number of hydrogen-bond donors (Lipinski definition) is 1. The fourth-order valence-corrected chi connectivity index (χ4v) is 1.68. The maximum Gasteiger partial charge on any atom is 0.416 e. The molecule has 1 unspecified atom stereocenters. The molecule has 0 amide bonds. The summed E-state index contributed by atoms with van der Waals surface area (Å²) in [5.74, 6) is 0.726. The molecule has 2 aromatic rings. The van der Waals surface area contributed by atoms with E-state index in [0.29, 0.717) is 17.7 Å². The Morgan fingerprint density at radius 2 is 2.11 bits per heavy atom. The lowest BCUT2D eigenvalue weighted by atomic mass is 10.1. The Bertz CT molecular complexity index is 561. The van der Waals surface area contributed by atoms with Gasteiger partial charge in [0.25, 0.3) is 0 Å². The molecule has 0 fully saturated rings. The van der Waals surface area contributed by atoms with Crippen LogP contribution in [0.5, 0.6) is 0 Å². The Hall–Kier alpha value is -1.82. The number of rotatable bonds is 3. The number of nitrogens with zero attached hydrogens (tertiary/aromatic N) is 1. The first-order valence-electron chi connectivity index (χ1n) is 5.74. The van der Waals surface area contributed by atoms with E-state index in [1.54, 1.807) is 0 Å². The Labute approximate surface area is 108 Å². The van der Waals surface area contributed by atoms with Crippen molar-refractivity contribution >= 4 is 0 Å². The van der Waals surface area contributed by atoms with Gasteiger partial charge < -0.3 is 10.2 Å². The minimum atomic E-state index is -4.38. The van der Waals surface area contributed by atoms with Gasteiger partial charge in [-0.15, -0.1) is 0 Å². The fourth-order valence-electron chi connectivity index (χ4n) is 1.68. The predicted octanol–water partition coefficient (Wildman–Crippen LogP) is 3.25. The average Bonchev–Trinajstić information content (AvgIpc) is 2.76. The van der Waals surface area contributed by atoms with Gasteiger partial charge >= 0.3 is 6.18 Å². The van der Waals surface area contributed by atoms with E-state index in [1.807, 2.05) is 6.92 Å². The maximum atomic E-state index is 12.6. The number of nitrogens with two attached hydrogens (primary N) is 1. The summed E-state index contributed by atoms with van der Waals surface area (Å²) < 4.78 is 43.2. The highest BCUT2D eigenvalue weighted by atomic mass is 19.4. The van der Waals surface area contributed by atoms with Crippen LogP contribution < -0.4 is 5.73 Å². The van der Waals surface area contributed by atoms with Gasteiger partial charge in [-0.1, -0.05) is 6.07 Å². The van der Waals surface area contributed by atoms with E-state index in [0.717, 1.165) is 12.1 Å². The molecule has 2 rings (SSSR count). The lowest BCUT2D eigenvalue weighted by Gasteiger charge is -2.06. The van der Waals surface area contributed by atoms with Gasteiger partial charge in [-0.25, -0.2) is 4.98 Å². The summed E-state index contributed by atoms with van der Waals surface area (Å²) >= 11 is 0. The van der Waals surface area contributed by atoms with Crippen LogP contribution in [0.3, 0.4) is 0 Å². The number of oxazole rings is 1. The molecule has 19 heavy (non-hydrogen) atoms. The number of halogens is 3. The van der Waals surface area contributed by atoms with Gasteiger partial charge in [0.2, 0.25) is 5.89 Å². The lowest BCUT2D eigenvalue weighted by Crippen LogP contribution is -2.17. The summed E-state index contributed by atoms with van der Waals surface area (Å²) in [5, 5.41) is 0. The van der Waals surface area contributed by atoms with Crippen molar-refractivity contribution in [3.8, 4) is 11.5 Å². The highest BCUT2D eigenvalue weighted by Gasteiger charge is 2.30. The second-order valence-corrected chi connectivity index (χ2v) is 4.39. The number of aromatic nitrogens is 1. The topological polar surface area (TPSA) is 52.0 Å². The molecule has 0 radical (unpaired) electrons. The van der Waals surface area contributed by atoms with Crippen LogP contribution in [0.1, 0.15) is 18.2 Å².